The van der Waals surface area contributed by atoms with Gasteiger partial charge in [-0.25, -0.2) is 9.18 Å². The standard InChI is InChI=1S/C22H19ClFN3O5/c1-3-27-21(32)26(10-13-8-12(2)4-6-16(13)24)20(31)22(27)15-9-14(23)5-7-17(15)25(19(22)30)11-18(28)29/h4-9H,3,10-11H2,1-2H3,(H,28,29). The molecule has 1 atom stereocenters. The average Bonchev–Trinajstić information content (AvgIpc) is 3.09. The summed E-state index contributed by atoms with van der Waals surface area (Å²) in [5.41, 5.74) is -0.918. The van der Waals surface area contributed by atoms with Crippen molar-refractivity contribution in [1.82, 2.24) is 9.80 Å². The van der Waals surface area contributed by atoms with Crippen LogP contribution >= 0.6 is 11.6 Å². The Morgan fingerprint density at radius 1 is 1.09 bits per heavy atom. The Kier molecular flexibility index (Phi) is 5.16. The SMILES string of the molecule is CCN1C(=O)N(Cc2cc(C)ccc2F)C(=O)C12C(=O)N(CC(=O)O)c1ccc(Cl)cc12. The van der Waals surface area contributed by atoms with Crippen LogP contribution in [0.4, 0.5) is 14.9 Å². The van der Waals surface area contributed by atoms with E-state index in [0.717, 1.165) is 20.3 Å². The molecule has 4 rings (SSSR count). The largest absolute Gasteiger partial charge is 0.480 e. The van der Waals surface area contributed by atoms with Crippen LogP contribution in [0.25, 0.3) is 0 Å². The van der Waals surface area contributed by atoms with Gasteiger partial charge in [-0.15, -0.1) is 0 Å². The molecule has 166 valence electrons. The van der Waals surface area contributed by atoms with E-state index in [1.165, 1.54) is 30.3 Å². The number of carboxylic acids is 1. The Bertz CT molecular complexity index is 1190. The molecular weight excluding hydrogens is 441 g/mol. The Labute approximate surface area is 187 Å². The highest BCUT2D eigenvalue weighted by atomic mass is 35.5. The van der Waals surface area contributed by atoms with E-state index in [2.05, 4.69) is 0 Å². The molecule has 0 aromatic heterocycles. The van der Waals surface area contributed by atoms with Gasteiger partial charge >= 0.3 is 12.0 Å². The number of carbonyl (C=O) groups is 4. The van der Waals surface area contributed by atoms with Crippen molar-refractivity contribution in [2.45, 2.75) is 25.9 Å². The van der Waals surface area contributed by atoms with Crippen LogP contribution < -0.4 is 4.90 Å². The predicted molar refractivity (Wildman–Crippen MR) is 113 cm³/mol. The van der Waals surface area contributed by atoms with E-state index in [0.29, 0.717) is 0 Å². The molecular formula is C22H19ClFN3O5. The molecule has 2 aromatic carbocycles. The number of fused-ring (bicyclic) bond motifs is 2. The highest BCUT2D eigenvalue weighted by molar-refractivity contribution is 6.32. The lowest BCUT2D eigenvalue weighted by atomic mass is 9.89. The third-order valence-corrected chi connectivity index (χ3v) is 5.99. The quantitative estimate of drug-likeness (QED) is 0.547. The van der Waals surface area contributed by atoms with E-state index in [9.17, 15) is 28.7 Å². The molecule has 8 nitrogen and oxygen atoms in total. The van der Waals surface area contributed by atoms with Crippen molar-refractivity contribution < 1.29 is 28.7 Å². The fraction of sp³-hybridized carbons (Fsp3) is 0.273. The van der Waals surface area contributed by atoms with Gasteiger partial charge in [0.1, 0.15) is 12.4 Å². The van der Waals surface area contributed by atoms with Crippen LogP contribution in [0.5, 0.6) is 0 Å². The van der Waals surface area contributed by atoms with Gasteiger partial charge in [-0.05, 0) is 38.1 Å². The van der Waals surface area contributed by atoms with E-state index in [1.54, 1.807) is 19.9 Å². The highest BCUT2D eigenvalue weighted by Gasteiger charge is 2.68. The van der Waals surface area contributed by atoms with Gasteiger partial charge in [-0.3, -0.25) is 29.1 Å². The zero-order chi connectivity index (χ0) is 23.4. The first kappa shape index (κ1) is 21.8. The number of benzene rings is 2. The molecule has 2 heterocycles. The molecule has 2 aliphatic rings. The van der Waals surface area contributed by atoms with Crippen LogP contribution in [0.2, 0.25) is 5.02 Å². The number of hydrogen-bond donors (Lipinski definition) is 1. The van der Waals surface area contributed by atoms with Crippen molar-refractivity contribution in [2.24, 2.45) is 0 Å². The van der Waals surface area contributed by atoms with Gasteiger partial charge in [0.05, 0.1) is 12.2 Å². The second-order valence-corrected chi connectivity index (χ2v) is 8.11. The van der Waals surface area contributed by atoms with E-state index in [1.807, 2.05) is 0 Å². The molecule has 1 N–H and O–H groups in total. The van der Waals surface area contributed by atoms with Crippen molar-refractivity contribution in [3.8, 4) is 0 Å². The van der Waals surface area contributed by atoms with Crippen LogP contribution in [-0.2, 0) is 26.5 Å². The van der Waals surface area contributed by atoms with E-state index < -0.39 is 41.7 Å². The number of anilines is 1. The second-order valence-electron chi connectivity index (χ2n) is 7.67. The summed E-state index contributed by atoms with van der Waals surface area (Å²) in [5, 5.41) is 9.53. The number of nitrogens with zero attached hydrogens (tertiary/aromatic N) is 3. The number of urea groups is 1. The maximum absolute atomic E-state index is 14.4. The number of aryl methyl sites for hydroxylation is 1. The predicted octanol–water partition coefficient (Wildman–Crippen LogP) is 2.90. The lowest BCUT2D eigenvalue weighted by molar-refractivity contribution is -0.144. The maximum atomic E-state index is 14.4. The molecule has 1 unspecified atom stereocenters. The lowest BCUT2D eigenvalue weighted by Crippen LogP contribution is -2.54. The lowest BCUT2D eigenvalue weighted by Gasteiger charge is -2.29. The number of rotatable bonds is 5. The maximum Gasteiger partial charge on any atom is 0.328 e. The first-order valence-electron chi connectivity index (χ1n) is 9.85. The summed E-state index contributed by atoms with van der Waals surface area (Å²) < 4.78 is 14.4. The molecule has 2 aromatic rings. The summed E-state index contributed by atoms with van der Waals surface area (Å²) in [7, 11) is 0. The second kappa shape index (κ2) is 7.59. The molecule has 1 fully saturated rings. The smallest absolute Gasteiger partial charge is 0.328 e. The van der Waals surface area contributed by atoms with Crippen LogP contribution in [0, 0.1) is 12.7 Å². The number of halogens is 2. The summed E-state index contributed by atoms with van der Waals surface area (Å²) in [6.07, 6.45) is 0. The molecule has 10 heteroatoms. The normalized spacial score (nSPS) is 20.0. The van der Waals surface area contributed by atoms with E-state index in [4.69, 9.17) is 11.6 Å². The van der Waals surface area contributed by atoms with Gasteiger partial charge in [-0.2, -0.15) is 0 Å². The van der Waals surface area contributed by atoms with Crippen molar-refractivity contribution in [1.29, 1.82) is 0 Å². The minimum Gasteiger partial charge on any atom is -0.480 e. The minimum absolute atomic E-state index is 0.0179. The van der Waals surface area contributed by atoms with Crippen LogP contribution in [0.15, 0.2) is 36.4 Å². The molecule has 32 heavy (non-hydrogen) atoms. The molecule has 1 spiro atoms. The number of imide groups is 1. The zero-order valence-electron chi connectivity index (χ0n) is 17.3. The van der Waals surface area contributed by atoms with E-state index in [-0.39, 0.29) is 34.9 Å². The number of aliphatic carboxylic acids is 1. The first-order chi connectivity index (χ1) is 15.1. The van der Waals surface area contributed by atoms with Crippen LogP contribution in [0.1, 0.15) is 23.6 Å². The first-order valence-corrected chi connectivity index (χ1v) is 10.2. The third-order valence-electron chi connectivity index (χ3n) is 5.75. The van der Waals surface area contributed by atoms with Crippen LogP contribution in [0.3, 0.4) is 0 Å². The van der Waals surface area contributed by atoms with Crippen LogP contribution in [-0.4, -0.2) is 51.8 Å². The summed E-state index contributed by atoms with van der Waals surface area (Å²) in [6, 6.07) is 7.87. The zero-order valence-corrected chi connectivity index (χ0v) is 18.0. The van der Waals surface area contributed by atoms with Gasteiger partial charge in [0.25, 0.3) is 11.8 Å². The number of likely N-dealkylation sites (N-methyl/N-ethyl adjacent to an activating group) is 1. The van der Waals surface area contributed by atoms with Gasteiger partial charge in [-0.1, -0.05) is 29.3 Å². The van der Waals surface area contributed by atoms with Crippen molar-refractivity contribution in [3.63, 3.8) is 0 Å². The molecule has 0 bridgehead atoms. The average molecular weight is 460 g/mol. The Morgan fingerprint density at radius 2 is 1.78 bits per heavy atom. The Hall–Kier alpha value is -3.46. The van der Waals surface area contributed by atoms with Gasteiger partial charge < -0.3 is 5.11 Å². The highest BCUT2D eigenvalue weighted by Crippen LogP contribution is 2.49. The summed E-state index contributed by atoms with van der Waals surface area (Å²) in [4.78, 5) is 54.9. The molecule has 0 saturated carbocycles. The summed E-state index contributed by atoms with van der Waals surface area (Å²) in [5.74, 6) is -3.60. The number of carbonyl (C=O) groups excluding carboxylic acids is 3. The molecule has 1 saturated heterocycles. The number of carboxylic acid groups (broad SMARTS) is 1. The molecule has 0 aliphatic carbocycles. The fourth-order valence-electron chi connectivity index (χ4n) is 4.41. The minimum atomic E-state index is -2.10. The third kappa shape index (κ3) is 2.96. The van der Waals surface area contributed by atoms with Crippen molar-refractivity contribution in [3.05, 3.63) is 63.9 Å². The van der Waals surface area contributed by atoms with Gasteiger partial charge in [0.2, 0.25) is 5.54 Å². The Morgan fingerprint density at radius 3 is 2.44 bits per heavy atom. The van der Waals surface area contributed by atoms with Crippen molar-refractivity contribution in [2.75, 3.05) is 18.0 Å². The Balaban J connectivity index is 1.88. The number of amides is 4. The van der Waals surface area contributed by atoms with Gasteiger partial charge in [0.15, 0.2) is 0 Å². The van der Waals surface area contributed by atoms with Gasteiger partial charge in [0, 0.05) is 22.7 Å². The summed E-state index contributed by atoms with van der Waals surface area (Å²) >= 11 is 6.14. The fourth-order valence-corrected chi connectivity index (χ4v) is 4.58. The topological polar surface area (TPSA) is 98.2 Å². The molecule has 2 aliphatic heterocycles. The molecule has 0 radical (unpaired) electrons. The van der Waals surface area contributed by atoms with Crippen molar-refractivity contribution >= 4 is 41.1 Å². The monoisotopic (exact) mass is 459 g/mol. The number of hydrogen-bond acceptors (Lipinski definition) is 4. The summed E-state index contributed by atoms with van der Waals surface area (Å²) in [6.45, 7) is 2.27. The molecule has 4 amide bonds. The van der Waals surface area contributed by atoms with E-state index >= 15 is 0 Å².